The quantitative estimate of drug-likeness (QED) is 0.101. The fourth-order valence-corrected chi connectivity index (χ4v) is 2.31. The van der Waals surface area contributed by atoms with Crippen LogP contribution < -0.4 is 0 Å². The number of alkyl halides is 28. The Morgan fingerprint density at radius 2 is 0.479 bits per heavy atom. The van der Waals surface area contributed by atoms with Crippen molar-refractivity contribution >= 4 is 11.9 Å². The second kappa shape index (κ2) is 11.8. The van der Waals surface area contributed by atoms with Crippen LogP contribution in [0.4, 0.5) is 123 Å². The molecule has 0 radical (unpaired) electrons. The Bertz CT molecular complexity index is 1110. The van der Waals surface area contributed by atoms with Crippen LogP contribution in [0.15, 0.2) is 0 Å². The molecule has 286 valence electrons. The molecule has 32 heteroatoms. The minimum Gasteiger partial charge on any atom is -0.240 e. The summed E-state index contributed by atoms with van der Waals surface area (Å²) in [6.45, 7) is 0. The first-order valence-electron chi connectivity index (χ1n) is 9.97. The molecule has 0 saturated carbocycles. The summed E-state index contributed by atoms with van der Waals surface area (Å²) in [4.78, 5) is 25.2. The minimum absolute atomic E-state index is 1.72. The van der Waals surface area contributed by atoms with E-state index in [1.165, 1.54) is 0 Å². The molecular weight excluding hydrogens is 788 g/mol. The van der Waals surface area contributed by atoms with Crippen molar-refractivity contribution in [2.75, 3.05) is 0 Å². The molecule has 0 rings (SSSR count). The minimum atomic E-state index is -8.95. The topological polar surface area (TPSA) is 52.6 Å². The van der Waals surface area contributed by atoms with Crippen LogP contribution >= 0.6 is 0 Å². The normalized spacial score (nSPS) is 16.0. The van der Waals surface area contributed by atoms with Gasteiger partial charge in [-0.25, -0.2) is 36.9 Å². The van der Waals surface area contributed by atoms with Gasteiger partial charge in [0.05, 0.1) is 0 Å². The molecule has 0 unspecified atom stereocenters. The second-order valence-corrected chi connectivity index (χ2v) is 8.33. The molecule has 0 amide bonds. The van der Waals surface area contributed by atoms with Gasteiger partial charge in [0.25, 0.3) is 0 Å². The molecular formula is C16H2F28O4. The van der Waals surface area contributed by atoms with Gasteiger partial charge in [0.2, 0.25) is 0 Å². The van der Waals surface area contributed by atoms with E-state index in [1.807, 2.05) is 0 Å². The third-order valence-corrected chi connectivity index (χ3v) is 5.25. The molecule has 0 aliphatic rings. The van der Waals surface area contributed by atoms with Gasteiger partial charge in [-0.3, -0.25) is 0 Å². The largest absolute Gasteiger partial charge is 0.431 e. The lowest BCUT2D eigenvalue weighted by Gasteiger charge is -2.40. The van der Waals surface area contributed by atoms with Gasteiger partial charge in [0.1, 0.15) is 0 Å². The van der Waals surface area contributed by atoms with Gasteiger partial charge in [-0.15, -0.1) is 0 Å². The van der Waals surface area contributed by atoms with Crippen molar-refractivity contribution in [2.45, 2.75) is 83.9 Å². The van der Waals surface area contributed by atoms with E-state index in [2.05, 4.69) is 0 Å². The maximum Gasteiger partial charge on any atom is 0.431 e. The van der Waals surface area contributed by atoms with E-state index < -0.39 is 95.9 Å². The number of rotatable bonds is 14. The first-order valence-corrected chi connectivity index (χ1v) is 9.97. The van der Waals surface area contributed by atoms with Crippen molar-refractivity contribution in [2.24, 2.45) is 0 Å². The molecule has 0 bridgehead atoms. The molecule has 0 fully saturated rings. The maximum absolute atomic E-state index is 13.5. The first kappa shape index (κ1) is 45.0. The Morgan fingerprint density at radius 3 is 0.646 bits per heavy atom. The smallest absolute Gasteiger partial charge is 0.240 e. The van der Waals surface area contributed by atoms with Gasteiger partial charge >= 0.3 is 95.9 Å². The molecule has 0 aliphatic heterocycles. The van der Waals surface area contributed by atoms with Crippen molar-refractivity contribution in [1.82, 2.24) is 0 Å². The van der Waals surface area contributed by atoms with Crippen molar-refractivity contribution in [3.63, 3.8) is 0 Å². The van der Waals surface area contributed by atoms with Crippen molar-refractivity contribution in [3.05, 3.63) is 0 Å². The van der Waals surface area contributed by atoms with Gasteiger partial charge in [-0.1, -0.05) is 0 Å². The van der Waals surface area contributed by atoms with E-state index in [-0.39, 0.29) is 0 Å². The molecule has 0 atom stereocenters. The molecule has 4 nitrogen and oxygen atoms in total. The van der Waals surface area contributed by atoms with Gasteiger partial charge in [0, 0.05) is 0 Å². The average molecular weight is 790 g/mol. The first-order chi connectivity index (χ1) is 20.4. The van der Waals surface area contributed by atoms with Crippen LogP contribution in [0.3, 0.4) is 0 Å². The monoisotopic (exact) mass is 790 g/mol. The van der Waals surface area contributed by atoms with E-state index >= 15 is 0 Å². The van der Waals surface area contributed by atoms with E-state index in [0.717, 1.165) is 0 Å². The van der Waals surface area contributed by atoms with Gasteiger partial charge in [-0.05, 0) is 0 Å². The fraction of sp³-hybridized carbons (Fsp3) is 0.875. The van der Waals surface area contributed by atoms with Crippen molar-refractivity contribution in [1.29, 1.82) is 0 Å². The van der Waals surface area contributed by atoms with Crippen LogP contribution in [-0.2, 0) is 19.4 Å². The molecule has 0 aromatic carbocycles. The van der Waals surface area contributed by atoms with Gasteiger partial charge < -0.3 is 0 Å². The number of carbonyl (C=O) groups is 2. The van der Waals surface area contributed by atoms with Crippen molar-refractivity contribution in [3.8, 4) is 0 Å². The summed E-state index contributed by atoms with van der Waals surface area (Å²) in [6.07, 6.45) is -12.4. The average Bonchev–Trinajstić information content (AvgIpc) is 2.89. The molecule has 0 heterocycles. The Labute approximate surface area is 239 Å². The van der Waals surface area contributed by atoms with Crippen LogP contribution in [0.5, 0.6) is 0 Å². The summed E-state index contributed by atoms with van der Waals surface area (Å²) in [5.41, 5.74) is 0. The van der Waals surface area contributed by atoms with Crippen LogP contribution in [0.2, 0.25) is 0 Å². The summed E-state index contributed by atoms with van der Waals surface area (Å²) >= 11 is 0. The summed E-state index contributed by atoms with van der Waals surface area (Å²) in [6, 6.07) is 0. The van der Waals surface area contributed by atoms with Crippen LogP contribution in [-0.4, -0.2) is 95.9 Å². The molecule has 0 aromatic heterocycles. The molecule has 48 heavy (non-hydrogen) atoms. The number of hydrogen-bond donors (Lipinski definition) is 0. The van der Waals surface area contributed by atoms with Crippen LogP contribution in [0.25, 0.3) is 0 Å². The zero-order valence-corrected chi connectivity index (χ0v) is 20.4. The number of hydrogen-bond acceptors (Lipinski definition) is 4. The number of halogens is 28. The number of carbonyl (C=O) groups excluding carboxylic acids is 2. The van der Waals surface area contributed by atoms with Crippen LogP contribution in [0, 0.1) is 0 Å². The Morgan fingerprint density at radius 1 is 0.312 bits per heavy atom. The Balaban J connectivity index is 6.61. The van der Waals surface area contributed by atoms with Gasteiger partial charge in [0.15, 0.2) is 0 Å². The van der Waals surface area contributed by atoms with E-state index in [4.69, 9.17) is 0 Å². The predicted molar refractivity (Wildman–Crippen MR) is 83.6 cm³/mol. The summed E-state index contributed by atoms with van der Waals surface area (Å²) < 4.78 is 366. The van der Waals surface area contributed by atoms with Crippen molar-refractivity contribution < 1.29 is 142 Å². The lowest BCUT2D eigenvalue weighted by atomic mass is 9.91. The maximum atomic E-state index is 13.5. The Kier molecular flexibility index (Phi) is 11.1. The highest BCUT2D eigenvalue weighted by atomic mass is 19.4. The van der Waals surface area contributed by atoms with E-state index in [9.17, 15) is 133 Å². The zero-order chi connectivity index (χ0) is 39.7. The van der Waals surface area contributed by atoms with Gasteiger partial charge in [-0.2, -0.15) is 105 Å². The highest BCUT2D eigenvalue weighted by Gasteiger charge is 2.94. The molecule has 0 N–H and O–H groups in total. The third kappa shape index (κ3) is 5.63. The third-order valence-electron chi connectivity index (χ3n) is 5.25. The summed E-state index contributed by atoms with van der Waals surface area (Å²) in [5, 5.41) is 0. The zero-order valence-electron chi connectivity index (χ0n) is 20.4. The molecule has 0 spiro atoms. The van der Waals surface area contributed by atoms with E-state index in [1.54, 1.807) is 9.78 Å². The SMILES string of the molecule is O=C(OOC(=O)C(F)(F)C(F)(F)C(F)(F)C(F)(F)C(F)(F)C(F)(F)C(F)F)C(F)(F)C(F)(F)C(F)(F)C(F)(F)C(F)(F)C(F)(F)C(F)F. The second-order valence-electron chi connectivity index (χ2n) is 8.33. The predicted octanol–water partition coefficient (Wildman–Crippen LogP) is 8.14. The van der Waals surface area contributed by atoms with E-state index in [0.29, 0.717) is 0 Å². The molecule has 0 aromatic rings. The highest BCUT2D eigenvalue weighted by molar-refractivity contribution is 5.82. The summed E-state index contributed by atoms with van der Waals surface area (Å²) in [5.74, 6) is -113. The highest BCUT2D eigenvalue weighted by Crippen LogP contribution is 2.62. The Hall–Kier alpha value is -3.02. The lowest BCUT2D eigenvalue weighted by Crippen LogP contribution is -2.73. The molecule has 0 saturated heterocycles. The summed E-state index contributed by atoms with van der Waals surface area (Å²) in [7, 11) is 0. The lowest BCUT2D eigenvalue weighted by molar-refractivity contribution is -0.434. The fourth-order valence-electron chi connectivity index (χ4n) is 2.31. The molecule has 0 aliphatic carbocycles. The standard InChI is InChI=1S/C16H2F28O4/c17-1(18)5(21,22)9(29,30)13(37,38)15(41,42)11(33,34)7(25,26)3(45)47-48-4(46)8(27,28)12(35,36)16(43,44)14(39,40)10(31,32)6(23,24)2(19)20/h1-2H. The van der Waals surface area contributed by atoms with Crippen LogP contribution in [0.1, 0.15) is 0 Å².